The van der Waals surface area contributed by atoms with Crippen LogP contribution in [0.4, 0.5) is 20.2 Å². The zero-order valence-electron chi connectivity index (χ0n) is 19.1. The molecule has 3 aromatic carbocycles. The highest BCUT2D eigenvalue weighted by molar-refractivity contribution is 7.93. The zero-order chi connectivity index (χ0) is 26.3. The first-order valence-corrected chi connectivity index (χ1v) is 14.2. The number of carbonyl (C=O) groups excluding carboxylic acids is 1. The summed E-state index contributed by atoms with van der Waals surface area (Å²) in [6.07, 6.45) is 0.0988. The van der Waals surface area contributed by atoms with Gasteiger partial charge in [-0.3, -0.25) is 13.5 Å². The summed E-state index contributed by atoms with van der Waals surface area (Å²) in [5.74, 6) is -1.88. The molecule has 7 nitrogen and oxygen atoms in total. The number of amides is 1. The lowest BCUT2D eigenvalue weighted by Crippen LogP contribution is -2.35. The smallest absolute Gasteiger partial charge is 0.264 e. The van der Waals surface area contributed by atoms with Gasteiger partial charge in [-0.05, 0) is 66.4 Å². The highest BCUT2D eigenvalue weighted by atomic mass is 32.2. The van der Waals surface area contributed by atoms with Crippen molar-refractivity contribution >= 4 is 45.0 Å². The lowest BCUT2D eigenvalue weighted by Gasteiger charge is -2.31. The highest BCUT2D eigenvalue weighted by Gasteiger charge is 2.30. The number of nitrogens with one attached hydrogen (secondary N) is 1. The van der Waals surface area contributed by atoms with Crippen LogP contribution in [0.2, 0.25) is 0 Å². The molecule has 0 bridgehead atoms. The molecule has 1 aliphatic rings. The van der Waals surface area contributed by atoms with Crippen LogP contribution in [0.3, 0.4) is 0 Å². The summed E-state index contributed by atoms with van der Waals surface area (Å²) >= 11 is 0. The number of benzene rings is 3. The van der Waals surface area contributed by atoms with Gasteiger partial charge in [0.1, 0.15) is 13.7 Å². The minimum absolute atomic E-state index is 0.00833. The number of rotatable bonds is 6. The average Bonchev–Trinajstić information content (AvgIpc) is 2.82. The Hall–Kier alpha value is -3.25. The first-order chi connectivity index (χ1) is 16.9. The van der Waals surface area contributed by atoms with E-state index in [2.05, 4.69) is 5.32 Å². The number of sulfonamides is 1. The molecule has 2 radical (unpaired) electrons. The van der Waals surface area contributed by atoms with Crippen LogP contribution in [0.5, 0.6) is 0 Å². The van der Waals surface area contributed by atoms with Crippen molar-refractivity contribution in [2.75, 3.05) is 22.4 Å². The first kappa shape index (κ1) is 25.8. The monoisotopic (exact) mass is 530 g/mol. The summed E-state index contributed by atoms with van der Waals surface area (Å²) in [5, 5.41) is 2.49. The van der Waals surface area contributed by atoms with E-state index >= 15 is 0 Å². The predicted octanol–water partition coefficient (Wildman–Crippen LogP) is 3.76. The largest absolute Gasteiger partial charge is 0.322 e. The van der Waals surface area contributed by atoms with Gasteiger partial charge >= 0.3 is 0 Å². The molecule has 1 amide bonds. The number of halogens is 2. The van der Waals surface area contributed by atoms with Gasteiger partial charge in [-0.2, -0.15) is 0 Å². The van der Waals surface area contributed by atoms with E-state index in [4.69, 9.17) is 7.85 Å². The quantitative estimate of drug-likeness (QED) is 0.490. The van der Waals surface area contributed by atoms with Crippen LogP contribution in [0, 0.1) is 5.82 Å². The molecule has 36 heavy (non-hydrogen) atoms. The molecule has 0 fully saturated rings. The molecular weight excluding hydrogens is 509 g/mol. The fraction of sp³-hybridized carbons (Fsp3) is 0.208. The van der Waals surface area contributed by atoms with Crippen LogP contribution in [0.25, 0.3) is 0 Å². The van der Waals surface area contributed by atoms with E-state index in [1.807, 2.05) is 0 Å². The van der Waals surface area contributed by atoms with Gasteiger partial charge in [0.15, 0.2) is 9.84 Å². The number of fused-ring (bicyclic) bond motifs is 1. The number of aryl methyl sites for hydroxylation is 1. The number of hydrogen-bond acceptors (Lipinski definition) is 5. The van der Waals surface area contributed by atoms with E-state index < -0.39 is 43.2 Å². The van der Waals surface area contributed by atoms with Crippen molar-refractivity contribution < 1.29 is 30.4 Å². The molecule has 1 N–H and O–H groups in total. The Balaban J connectivity index is 1.68. The lowest BCUT2D eigenvalue weighted by molar-refractivity contribution is 0.102. The molecule has 3 aromatic rings. The molecule has 0 aromatic heterocycles. The van der Waals surface area contributed by atoms with Gasteiger partial charge in [-0.25, -0.2) is 21.2 Å². The maximum absolute atomic E-state index is 14.3. The van der Waals surface area contributed by atoms with E-state index in [0.29, 0.717) is 24.1 Å². The van der Waals surface area contributed by atoms with Gasteiger partial charge in [0.25, 0.3) is 15.9 Å². The van der Waals surface area contributed by atoms with Crippen molar-refractivity contribution in [2.45, 2.75) is 28.7 Å². The van der Waals surface area contributed by atoms with E-state index in [1.54, 1.807) is 12.1 Å². The summed E-state index contributed by atoms with van der Waals surface area (Å²) in [7, 11) is -2.32. The molecule has 186 valence electrons. The Morgan fingerprint density at radius 3 is 2.33 bits per heavy atom. The SMILES string of the molecule is [B]C(F)c1cccc(F)c1C(=O)Nc1ccc2c(c1)N(S(=O)(=O)c1ccc(S(C)(=O)=O)cc1)CCC2. The van der Waals surface area contributed by atoms with Crippen LogP contribution < -0.4 is 9.62 Å². The third-order valence-electron chi connectivity index (χ3n) is 5.83. The minimum atomic E-state index is -4.06. The Morgan fingerprint density at radius 2 is 1.69 bits per heavy atom. The van der Waals surface area contributed by atoms with Crippen LogP contribution >= 0.6 is 0 Å². The molecule has 0 aliphatic carbocycles. The number of carbonyl (C=O) groups is 1. The molecule has 12 heteroatoms. The second-order valence-corrected chi connectivity index (χ2v) is 12.2. The Kier molecular flexibility index (Phi) is 6.93. The average molecular weight is 530 g/mol. The van der Waals surface area contributed by atoms with E-state index in [9.17, 15) is 30.4 Å². The van der Waals surface area contributed by atoms with Gasteiger partial charge in [0.05, 0.1) is 27.1 Å². The Morgan fingerprint density at radius 1 is 1.03 bits per heavy atom. The normalized spacial score (nSPS) is 14.7. The third-order valence-corrected chi connectivity index (χ3v) is 8.78. The van der Waals surface area contributed by atoms with Crippen molar-refractivity contribution in [3.63, 3.8) is 0 Å². The maximum atomic E-state index is 14.3. The van der Waals surface area contributed by atoms with Crippen molar-refractivity contribution in [1.29, 1.82) is 0 Å². The summed E-state index contributed by atoms with van der Waals surface area (Å²) in [4.78, 5) is 12.7. The van der Waals surface area contributed by atoms with Crippen molar-refractivity contribution in [3.8, 4) is 0 Å². The zero-order valence-corrected chi connectivity index (χ0v) is 20.7. The van der Waals surface area contributed by atoms with Crippen molar-refractivity contribution in [2.24, 2.45) is 0 Å². The van der Waals surface area contributed by atoms with Gasteiger partial charge in [-0.15, -0.1) is 0 Å². The molecule has 0 saturated heterocycles. The van der Waals surface area contributed by atoms with Crippen LogP contribution in [-0.4, -0.2) is 43.4 Å². The second kappa shape index (κ2) is 9.66. The van der Waals surface area contributed by atoms with Gasteiger partial charge in [-0.1, -0.05) is 18.2 Å². The number of alkyl halides is 1. The fourth-order valence-corrected chi connectivity index (χ4v) is 6.22. The van der Waals surface area contributed by atoms with E-state index in [1.165, 1.54) is 46.8 Å². The predicted molar refractivity (Wildman–Crippen MR) is 133 cm³/mol. The topological polar surface area (TPSA) is 101 Å². The van der Waals surface area contributed by atoms with Gasteiger partial charge in [0, 0.05) is 18.5 Å². The molecule has 1 unspecified atom stereocenters. The fourth-order valence-electron chi connectivity index (χ4n) is 4.06. The second-order valence-electron chi connectivity index (χ2n) is 8.33. The number of anilines is 2. The minimum Gasteiger partial charge on any atom is -0.322 e. The highest BCUT2D eigenvalue weighted by Crippen LogP contribution is 2.35. The van der Waals surface area contributed by atoms with Gasteiger partial charge in [0.2, 0.25) is 0 Å². The third kappa shape index (κ3) is 5.01. The summed E-state index contributed by atoms with van der Waals surface area (Å²) in [6, 6.07) is 13.0. The van der Waals surface area contributed by atoms with Crippen molar-refractivity contribution in [1.82, 2.24) is 0 Å². The first-order valence-electron chi connectivity index (χ1n) is 10.8. The molecule has 0 saturated carbocycles. The molecule has 0 spiro atoms. The summed E-state index contributed by atoms with van der Waals surface area (Å²) in [6.45, 7) is 0.161. The maximum Gasteiger partial charge on any atom is 0.264 e. The molecule has 1 atom stereocenters. The summed E-state index contributed by atoms with van der Waals surface area (Å²) in [5.41, 5.74) is 0.359. The van der Waals surface area contributed by atoms with Crippen LogP contribution in [0.1, 0.15) is 34.0 Å². The van der Waals surface area contributed by atoms with Crippen molar-refractivity contribution in [3.05, 3.63) is 83.2 Å². The standard InChI is InChI=1S/C24H21BF2N2O5S2/c1-35(31,32)17-9-11-18(12-10-17)36(33,34)29-13-3-4-15-7-8-16(14-21(15)29)28-24(30)22-19(23(25)27)5-2-6-20(22)26/h2,5-12,14,23H,3-4,13H2,1H3,(H,28,30). The summed E-state index contributed by atoms with van der Waals surface area (Å²) < 4.78 is 79.5. The van der Waals surface area contributed by atoms with Gasteiger partial charge < -0.3 is 5.32 Å². The van der Waals surface area contributed by atoms with Crippen LogP contribution in [-0.2, 0) is 26.3 Å². The number of hydrogen-bond donors (Lipinski definition) is 1. The molecule has 1 aliphatic heterocycles. The molecular formula is C24H21BF2N2O5S2. The van der Waals surface area contributed by atoms with Crippen LogP contribution in [0.15, 0.2) is 70.5 Å². The van der Waals surface area contributed by atoms with E-state index in [-0.39, 0.29) is 27.6 Å². The number of sulfone groups is 1. The number of nitrogens with zero attached hydrogens (tertiary/aromatic N) is 1. The lowest BCUT2D eigenvalue weighted by atomic mass is 9.90. The molecule has 1 heterocycles. The molecule has 4 rings (SSSR count). The Bertz CT molecular complexity index is 1540. The Labute approximate surface area is 209 Å². The van der Waals surface area contributed by atoms with E-state index in [0.717, 1.165) is 12.3 Å².